The van der Waals surface area contributed by atoms with Crippen LogP contribution in [0.3, 0.4) is 0 Å². The van der Waals surface area contributed by atoms with E-state index in [4.69, 9.17) is 11.6 Å². The van der Waals surface area contributed by atoms with Gasteiger partial charge >= 0.3 is 0 Å². The van der Waals surface area contributed by atoms with Crippen LogP contribution in [0.15, 0.2) is 23.4 Å². The van der Waals surface area contributed by atoms with E-state index in [-0.39, 0.29) is 10.7 Å². The highest BCUT2D eigenvalue weighted by molar-refractivity contribution is 14.1. The largest absolute Gasteiger partial charge is 0.292 e. The van der Waals surface area contributed by atoms with Gasteiger partial charge in [-0.05, 0) is 28.7 Å². The summed E-state index contributed by atoms with van der Waals surface area (Å²) >= 11 is 7.63. The fourth-order valence-electron chi connectivity index (χ4n) is 1.28. The zero-order chi connectivity index (χ0) is 11.7. The molecule has 0 aliphatic heterocycles. The summed E-state index contributed by atoms with van der Waals surface area (Å²) < 4.78 is 3.60. The molecule has 0 bridgehead atoms. The summed E-state index contributed by atoms with van der Waals surface area (Å²) in [4.78, 5) is 15.7. The maximum Gasteiger partial charge on any atom is 0.268 e. The van der Waals surface area contributed by atoms with Crippen LogP contribution in [-0.2, 0) is 13.6 Å². The van der Waals surface area contributed by atoms with E-state index in [1.165, 1.54) is 10.9 Å². The lowest BCUT2D eigenvalue weighted by Gasteiger charge is -2.03. The highest BCUT2D eigenvalue weighted by Crippen LogP contribution is 2.09. The molecule has 0 aromatic carbocycles. The molecule has 0 radical (unpaired) electrons. The topological polar surface area (TPSA) is 52.7 Å². The van der Waals surface area contributed by atoms with E-state index in [2.05, 4.69) is 10.1 Å². The summed E-state index contributed by atoms with van der Waals surface area (Å²) in [5.74, 6) is 0. The van der Waals surface area contributed by atoms with E-state index < -0.39 is 0 Å². The van der Waals surface area contributed by atoms with Gasteiger partial charge in [0, 0.05) is 13.2 Å². The second kappa shape index (κ2) is 4.54. The molecule has 2 heterocycles. The first-order chi connectivity index (χ1) is 7.58. The molecule has 0 aliphatic rings. The summed E-state index contributed by atoms with van der Waals surface area (Å²) in [6, 6.07) is 1.86. The lowest BCUT2D eigenvalue weighted by molar-refractivity contribution is 0.679. The highest BCUT2D eigenvalue weighted by atomic mass is 127. The molecule has 0 spiro atoms. The van der Waals surface area contributed by atoms with Crippen molar-refractivity contribution in [2.75, 3.05) is 0 Å². The van der Waals surface area contributed by atoms with Gasteiger partial charge in [-0.3, -0.25) is 14.0 Å². The molecule has 0 aliphatic carbocycles. The standard InChI is InChI=1S/C9H8ClIN4O/c1-14-3-2-6(13-14)4-15-5-12-8(10)7(11)9(15)16/h2-3,5H,4H2,1H3. The Morgan fingerprint density at radius 1 is 1.56 bits per heavy atom. The number of rotatable bonds is 2. The summed E-state index contributed by atoms with van der Waals surface area (Å²) in [6.45, 7) is 0.403. The van der Waals surface area contributed by atoms with Gasteiger partial charge in [-0.1, -0.05) is 11.6 Å². The summed E-state index contributed by atoms with van der Waals surface area (Å²) in [5.41, 5.74) is 0.663. The molecule has 0 saturated heterocycles. The minimum Gasteiger partial charge on any atom is -0.292 e. The molecule has 0 N–H and O–H groups in total. The van der Waals surface area contributed by atoms with Crippen LogP contribution in [0, 0.1) is 3.57 Å². The average molecular weight is 351 g/mol. The third-order valence-electron chi connectivity index (χ3n) is 2.04. The predicted octanol–water partition coefficient (Wildman–Crippen LogP) is 1.28. The van der Waals surface area contributed by atoms with E-state index in [0.717, 1.165) is 5.69 Å². The molecular weight excluding hydrogens is 342 g/mol. The second-order valence-corrected chi connectivity index (χ2v) is 4.70. The van der Waals surface area contributed by atoms with Crippen LogP contribution >= 0.6 is 34.2 Å². The Bertz CT molecular complexity index is 577. The SMILES string of the molecule is Cn1ccc(Cn2cnc(Cl)c(I)c2=O)n1. The maximum atomic E-state index is 11.8. The van der Waals surface area contributed by atoms with Crippen molar-refractivity contribution < 1.29 is 0 Å². The van der Waals surface area contributed by atoms with Gasteiger partial charge in [-0.15, -0.1) is 0 Å². The number of nitrogens with zero attached hydrogens (tertiary/aromatic N) is 4. The Hall–Kier alpha value is -0.890. The monoisotopic (exact) mass is 350 g/mol. The molecule has 2 aromatic rings. The molecule has 0 amide bonds. The number of hydrogen-bond acceptors (Lipinski definition) is 3. The van der Waals surface area contributed by atoms with Crippen molar-refractivity contribution in [3.63, 3.8) is 0 Å². The molecule has 0 atom stereocenters. The molecular formula is C9H8ClIN4O. The molecule has 0 saturated carbocycles. The van der Waals surface area contributed by atoms with Crippen LogP contribution in [0.2, 0.25) is 5.15 Å². The van der Waals surface area contributed by atoms with E-state index in [1.807, 2.05) is 41.9 Å². The lowest BCUT2D eigenvalue weighted by Crippen LogP contribution is -2.23. The van der Waals surface area contributed by atoms with Crippen LogP contribution in [-0.4, -0.2) is 19.3 Å². The smallest absolute Gasteiger partial charge is 0.268 e. The predicted molar refractivity (Wildman–Crippen MR) is 68.5 cm³/mol. The number of halogens is 2. The van der Waals surface area contributed by atoms with Gasteiger partial charge in [0.25, 0.3) is 5.56 Å². The number of aryl methyl sites for hydroxylation is 1. The third kappa shape index (κ3) is 2.27. The van der Waals surface area contributed by atoms with Crippen LogP contribution in [0.4, 0.5) is 0 Å². The van der Waals surface area contributed by atoms with Gasteiger partial charge in [-0.2, -0.15) is 5.10 Å². The van der Waals surface area contributed by atoms with E-state index in [9.17, 15) is 4.79 Å². The van der Waals surface area contributed by atoms with Crippen molar-refractivity contribution in [3.05, 3.63) is 43.4 Å². The molecule has 5 nitrogen and oxygen atoms in total. The fourth-order valence-corrected chi connectivity index (χ4v) is 1.85. The molecule has 7 heteroatoms. The Kier molecular flexibility index (Phi) is 3.29. The summed E-state index contributed by atoms with van der Waals surface area (Å²) in [6.07, 6.45) is 3.26. The van der Waals surface area contributed by atoms with Gasteiger partial charge in [0.2, 0.25) is 0 Å². The van der Waals surface area contributed by atoms with Gasteiger partial charge < -0.3 is 0 Å². The zero-order valence-corrected chi connectivity index (χ0v) is 11.3. The van der Waals surface area contributed by atoms with Crippen LogP contribution < -0.4 is 5.56 Å². The van der Waals surface area contributed by atoms with E-state index in [1.54, 1.807) is 4.68 Å². The van der Waals surface area contributed by atoms with Crippen molar-refractivity contribution in [1.29, 1.82) is 0 Å². The minimum absolute atomic E-state index is 0.147. The van der Waals surface area contributed by atoms with Gasteiger partial charge in [-0.25, -0.2) is 4.98 Å². The van der Waals surface area contributed by atoms with Crippen LogP contribution in [0.25, 0.3) is 0 Å². The Balaban J connectivity index is 2.36. The van der Waals surface area contributed by atoms with Gasteiger partial charge in [0.15, 0.2) is 0 Å². The van der Waals surface area contributed by atoms with Crippen molar-refractivity contribution in [2.45, 2.75) is 6.54 Å². The highest BCUT2D eigenvalue weighted by Gasteiger charge is 2.07. The van der Waals surface area contributed by atoms with Crippen molar-refractivity contribution in [1.82, 2.24) is 19.3 Å². The van der Waals surface area contributed by atoms with E-state index >= 15 is 0 Å². The fraction of sp³-hybridized carbons (Fsp3) is 0.222. The summed E-state index contributed by atoms with van der Waals surface area (Å²) in [5, 5.41) is 4.43. The Labute approximate surface area is 110 Å². The molecule has 16 heavy (non-hydrogen) atoms. The molecule has 2 rings (SSSR count). The van der Waals surface area contributed by atoms with Crippen molar-refractivity contribution in [3.8, 4) is 0 Å². The Morgan fingerprint density at radius 2 is 2.31 bits per heavy atom. The number of aromatic nitrogens is 4. The van der Waals surface area contributed by atoms with E-state index in [0.29, 0.717) is 10.1 Å². The average Bonchev–Trinajstić information content (AvgIpc) is 2.65. The summed E-state index contributed by atoms with van der Waals surface area (Å²) in [7, 11) is 1.83. The number of hydrogen-bond donors (Lipinski definition) is 0. The Morgan fingerprint density at radius 3 is 2.94 bits per heavy atom. The van der Waals surface area contributed by atoms with Gasteiger partial charge in [0.05, 0.1) is 18.6 Å². The van der Waals surface area contributed by atoms with Crippen LogP contribution in [0.5, 0.6) is 0 Å². The minimum atomic E-state index is -0.147. The maximum absolute atomic E-state index is 11.8. The molecule has 0 unspecified atom stereocenters. The molecule has 0 fully saturated rings. The first-order valence-electron chi connectivity index (χ1n) is 4.47. The first kappa shape index (κ1) is 11.6. The van der Waals surface area contributed by atoms with Crippen molar-refractivity contribution >= 4 is 34.2 Å². The molecule has 2 aromatic heterocycles. The zero-order valence-electron chi connectivity index (χ0n) is 8.39. The molecule has 84 valence electrons. The first-order valence-corrected chi connectivity index (χ1v) is 5.92. The lowest BCUT2D eigenvalue weighted by atomic mass is 10.4. The third-order valence-corrected chi connectivity index (χ3v) is 3.62. The van der Waals surface area contributed by atoms with Crippen LogP contribution in [0.1, 0.15) is 5.69 Å². The van der Waals surface area contributed by atoms with Crippen molar-refractivity contribution in [2.24, 2.45) is 7.05 Å². The second-order valence-electron chi connectivity index (χ2n) is 3.26. The normalized spacial score (nSPS) is 10.7. The van der Waals surface area contributed by atoms with Gasteiger partial charge in [0.1, 0.15) is 8.72 Å². The quantitative estimate of drug-likeness (QED) is 0.606.